The second kappa shape index (κ2) is 9.83. The first-order chi connectivity index (χ1) is 15.8. The molecule has 0 bridgehead atoms. The summed E-state index contributed by atoms with van der Waals surface area (Å²) in [5.74, 6) is -0.659. The summed E-state index contributed by atoms with van der Waals surface area (Å²) in [6.45, 7) is 2.85. The highest BCUT2D eigenvalue weighted by Crippen LogP contribution is 2.28. The summed E-state index contributed by atoms with van der Waals surface area (Å²) in [5.41, 5.74) is 2.06. The van der Waals surface area contributed by atoms with Gasteiger partial charge >= 0.3 is 0 Å². The number of amides is 2. The average Bonchev–Trinajstić information content (AvgIpc) is 2.83. The highest BCUT2D eigenvalue weighted by molar-refractivity contribution is 7.89. The molecule has 33 heavy (non-hydrogen) atoms. The van der Waals surface area contributed by atoms with Crippen LogP contribution in [0.3, 0.4) is 0 Å². The van der Waals surface area contributed by atoms with Crippen molar-refractivity contribution < 1.29 is 18.0 Å². The van der Waals surface area contributed by atoms with E-state index in [1.54, 1.807) is 24.0 Å². The van der Waals surface area contributed by atoms with Gasteiger partial charge in [0.05, 0.1) is 4.90 Å². The smallest absolute Gasteiger partial charge is 0.249 e. The lowest BCUT2D eigenvalue weighted by Gasteiger charge is -2.33. The molecule has 2 amide bonds. The van der Waals surface area contributed by atoms with Crippen molar-refractivity contribution >= 4 is 39.1 Å². The van der Waals surface area contributed by atoms with Crippen LogP contribution < -0.4 is 10.2 Å². The van der Waals surface area contributed by atoms with E-state index in [4.69, 9.17) is 11.6 Å². The van der Waals surface area contributed by atoms with Gasteiger partial charge < -0.3 is 10.2 Å². The van der Waals surface area contributed by atoms with E-state index >= 15 is 0 Å². The van der Waals surface area contributed by atoms with Gasteiger partial charge in [0.2, 0.25) is 21.8 Å². The Morgan fingerprint density at radius 3 is 2.39 bits per heavy atom. The minimum absolute atomic E-state index is 0.127. The molecule has 2 aliphatic heterocycles. The normalized spacial score (nSPS) is 18.4. The third kappa shape index (κ3) is 5.08. The van der Waals surface area contributed by atoms with Gasteiger partial charge in [-0.25, -0.2) is 8.42 Å². The van der Waals surface area contributed by atoms with E-state index in [0.717, 1.165) is 24.1 Å². The highest BCUT2D eigenvalue weighted by Gasteiger charge is 2.34. The lowest BCUT2D eigenvalue weighted by molar-refractivity contribution is -0.130. The largest absolute Gasteiger partial charge is 0.344 e. The third-order valence-electron chi connectivity index (χ3n) is 6.38. The zero-order valence-electron chi connectivity index (χ0n) is 18.5. The number of halogens is 1. The van der Waals surface area contributed by atoms with Gasteiger partial charge in [0.1, 0.15) is 6.04 Å². The lowest BCUT2D eigenvalue weighted by atomic mass is 9.96. The fourth-order valence-electron chi connectivity index (χ4n) is 4.50. The molecular formula is C24H28ClN3O4S. The first-order valence-corrected chi connectivity index (χ1v) is 13.0. The van der Waals surface area contributed by atoms with Crippen molar-refractivity contribution in [2.75, 3.05) is 24.5 Å². The van der Waals surface area contributed by atoms with E-state index in [1.807, 2.05) is 24.3 Å². The Morgan fingerprint density at radius 2 is 1.70 bits per heavy atom. The fraction of sp³-hybridized carbons (Fsp3) is 0.417. The number of para-hydroxylation sites is 1. The van der Waals surface area contributed by atoms with Crippen LogP contribution in [0.2, 0.25) is 5.02 Å². The number of hydrogen-bond acceptors (Lipinski definition) is 4. The maximum atomic E-state index is 13.1. The Bertz CT molecular complexity index is 1130. The SMILES string of the molecule is C[C@@H](NC(=O)C1CCN(S(=O)(=O)c2ccc(Cl)cc2)CC1)C(=O)N1CCCc2ccccc21. The molecule has 2 aliphatic rings. The van der Waals surface area contributed by atoms with Crippen LogP contribution in [-0.4, -0.2) is 50.2 Å². The number of fused-ring (bicyclic) bond motifs is 1. The highest BCUT2D eigenvalue weighted by atomic mass is 35.5. The van der Waals surface area contributed by atoms with E-state index < -0.39 is 16.1 Å². The predicted octanol–water partition coefficient (Wildman–Crippen LogP) is 3.22. The Morgan fingerprint density at radius 1 is 1.03 bits per heavy atom. The third-order valence-corrected chi connectivity index (χ3v) is 8.55. The number of rotatable bonds is 5. The van der Waals surface area contributed by atoms with Gasteiger partial charge in [-0.3, -0.25) is 9.59 Å². The van der Waals surface area contributed by atoms with Gasteiger partial charge in [-0.15, -0.1) is 0 Å². The van der Waals surface area contributed by atoms with Crippen molar-refractivity contribution in [1.29, 1.82) is 0 Å². The van der Waals surface area contributed by atoms with Crippen LogP contribution in [0.5, 0.6) is 0 Å². The van der Waals surface area contributed by atoms with Crippen LogP contribution in [0, 0.1) is 5.92 Å². The van der Waals surface area contributed by atoms with Crippen LogP contribution in [-0.2, 0) is 26.0 Å². The lowest BCUT2D eigenvalue weighted by Crippen LogP contribution is -2.51. The molecule has 2 aromatic rings. The summed E-state index contributed by atoms with van der Waals surface area (Å²) in [4.78, 5) is 27.8. The molecule has 0 aromatic heterocycles. The number of carbonyl (C=O) groups is 2. The standard InChI is InChI=1S/C24H28ClN3O4S/c1-17(24(30)28-14-4-6-18-5-2-3-7-22(18)28)26-23(29)19-12-15-27(16-13-19)33(31,32)21-10-8-20(25)9-11-21/h2-3,5,7-11,17,19H,4,6,12-16H2,1H3,(H,26,29)/t17-/m1/s1. The molecule has 0 unspecified atom stereocenters. The van der Waals surface area contributed by atoms with Crippen molar-refractivity contribution in [1.82, 2.24) is 9.62 Å². The van der Waals surface area contributed by atoms with Crippen LogP contribution in [0.15, 0.2) is 53.4 Å². The number of carbonyl (C=O) groups excluding carboxylic acids is 2. The Kier molecular flexibility index (Phi) is 7.07. The zero-order chi connectivity index (χ0) is 23.6. The van der Waals surface area contributed by atoms with Crippen LogP contribution in [0.4, 0.5) is 5.69 Å². The minimum Gasteiger partial charge on any atom is -0.344 e. The number of anilines is 1. The second-order valence-corrected chi connectivity index (χ2v) is 11.0. The Labute approximate surface area is 199 Å². The molecule has 9 heteroatoms. The summed E-state index contributed by atoms with van der Waals surface area (Å²) < 4.78 is 27.1. The molecule has 1 fully saturated rings. The van der Waals surface area contributed by atoms with Crippen LogP contribution in [0.25, 0.3) is 0 Å². The second-order valence-electron chi connectivity index (χ2n) is 8.58. The monoisotopic (exact) mass is 489 g/mol. The molecule has 1 saturated heterocycles. The van der Waals surface area contributed by atoms with Crippen molar-refractivity contribution in [2.24, 2.45) is 5.92 Å². The Balaban J connectivity index is 1.34. The summed E-state index contributed by atoms with van der Waals surface area (Å²) >= 11 is 5.86. The van der Waals surface area contributed by atoms with Crippen LogP contribution in [0.1, 0.15) is 31.7 Å². The van der Waals surface area contributed by atoms with Crippen molar-refractivity contribution in [3.8, 4) is 0 Å². The molecule has 0 saturated carbocycles. The number of nitrogens with zero attached hydrogens (tertiary/aromatic N) is 2. The van der Waals surface area contributed by atoms with Gasteiger partial charge in [0.15, 0.2) is 0 Å². The van der Waals surface area contributed by atoms with Crippen molar-refractivity contribution in [3.05, 3.63) is 59.1 Å². The molecule has 7 nitrogen and oxygen atoms in total. The average molecular weight is 490 g/mol. The fourth-order valence-corrected chi connectivity index (χ4v) is 6.10. The van der Waals surface area contributed by atoms with Gasteiger partial charge in [-0.1, -0.05) is 29.8 Å². The quantitative estimate of drug-likeness (QED) is 0.698. The van der Waals surface area contributed by atoms with Gasteiger partial charge in [0, 0.05) is 36.3 Å². The summed E-state index contributed by atoms with van der Waals surface area (Å²) in [6, 6.07) is 13.3. The number of nitrogens with one attached hydrogen (secondary N) is 1. The first kappa shape index (κ1) is 23.7. The van der Waals surface area contributed by atoms with Gasteiger partial charge in [-0.05, 0) is 68.5 Å². The van der Waals surface area contributed by atoms with Crippen molar-refractivity contribution in [3.63, 3.8) is 0 Å². The maximum absolute atomic E-state index is 13.1. The van der Waals surface area contributed by atoms with E-state index in [2.05, 4.69) is 5.32 Å². The maximum Gasteiger partial charge on any atom is 0.249 e. The van der Waals surface area contributed by atoms with E-state index in [9.17, 15) is 18.0 Å². The molecule has 2 aromatic carbocycles. The summed E-state index contributed by atoms with van der Waals surface area (Å²) in [7, 11) is -3.63. The number of hydrogen-bond donors (Lipinski definition) is 1. The molecule has 1 N–H and O–H groups in total. The topological polar surface area (TPSA) is 86.8 Å². The van der Waals surface area contributed by atoms with E-state index in [1.165, 1.54) is 16.4 Å². The predicted molar refractivity (Wildman–Crippen MR) is 128 cm³/mol. The molecule has 4 rings (SSSR count). The zero-order valence-corrected chi connectivity index (χ0v) is 20.1. The minimum atomic E-state index is -3.63. The number of benzene rings is 2. The molecule has 0 spiro atoms. The number of sulfonamides is 1. The van der Waals surface area contributed by atoms with Crippen LogP contribution >= 0.6 is 11.6 Å². The molecule has 2 heterocycles. The van der Waals surface area contributed by atoms with E-state index in [-0.39, 0.29) is 35.7 Å². The number of piperidine rings is 1. The van der Waals surface area contributed by atoms with Gasteiger partial charge in [0.25, 0.3) is 0 Å². The van der Waals surface area contributed by atoms with Gasteiger partial charge in [-0.2, -0.15) is 4.31 Å². The number of aryl methyl sites for hydroxylation is 1. The first-order valence-electron chi connectivity index (χ1n) is 11.2. The molecule has 1 atom stereocenters. The molecule has 0 aliphatic carbocycles. The summed E-state index contributed by atoms with van der Waals surface area (Å²) in [6.07, 6.45) is 2.65. The summed E-state index contributed by atoms with van der Waals surface area (Å²) in [5, 5.41) is 3.33. The van der Waals surface area contributed by atoms with Crippen molar-refractivity contribution in [2.45, 2.75) is 43.5 Å². The van der Waals surface area contributed by atoms with E-state index in [0.29, 0.717) is 24.4 Å². The molecule has 176 valence electrons. The molecule has 0 radical (unpaired) electrons. The Hall–Kier alpha value is -2.42. The molecular weight excluding hydrogens is 462 g/mol.